The summed E-state index contributed by atoms with van der Waals surface area (Å²) in [4.78, 5) is 47.0. The normalized spacial score (nSPS) is 11.8. The highest BCUT2D eigenvalue weighted by molar-refractivity contribution is 5.85. The summed E-state index contributed by atoms with van der Waals surface area (Å²) in [5.41, 5.74) is 0.555. The van der Waals surface area contributed by atoms with E-state index in [1.807, 2.05) is 0 Å². The van der Waals surface area contributed by atoms with Gasteiger partial charge in [-0.1, -0.05) is 12.1 Å². The summed E-state index contributed by atoms with van der Waals surface area (Å²) in [6.45, 7) is 5.29. The number of methoxy groups -OCH3 is 2. The van der Waals surface area contributed by atoms with Gasteiger partial charge in [0.2, 0.25) is 5.91 Å². The molecule has 0 spiro atoms. The van der Waals surface area contributed by atoms with E-state index in [0.717, 1.165) is 0 Å². The molecule has 9 nitrogen and oxygen atoms in total. The molecule has 9 heteroatoms. The number of hydrogen-bond acceptors (Lipinski definition) is 7. The van der Waals surface area contributed by atoms with Gasteiger partial charge in [0.05, 0.1) is 26.7 Å². The highest BCUT2D eigenvalue weighted by atomic mass is 16.6. The van der Waals surface area contributed by atoms with E-state index in [9.17, 15) is 19.2 Å². The fourth-order valence-corrected chi connectivity index (χ4v) is 2.48. The van der Waals surface area contributed by atoms with Crippen molar-refractivity contribution < 1.29 is 33.4 Å². The Morgan fingerprint density at radius 1 is 0.933 bits per heavy atom. The van der Waals surface area contributed by atoms with Gasteiger partial charge in [0.1, 0.15) is 5.60 Å². The third-order valence-corrected chi connectivity index (χ3v) is 3.90. The summed E-state index contributed by atoms with van der Waals surface area (Å²) < 4.78 is 14.5. The number of rotatable bonds is 9. The fraction of sp³-hybridized carbons (Fsp3) is 0.524. The maximum Gasteiger partial charge on any atom is 0.412 e. The number of carbonyl (C=O) groups is 4. The average Bonchev–Trinajstić information content (AvgIpc) is 2.66. The molecule has 0 aliphatic carbocycles. The number of anilines is 1. The van der Waals surface area contributed by atoms with Gasteiger partial charge < -0.3 is 19.5 Å². The second-order valence-electron chi connectivity index (χ2n) is 7.58. The molecule has 0 aromatic heterocycles. The van der Waals surface area contributed by atoms with Gasteiger partial charge >= 0.3 is 18.0 Å². The van der Waals surface area contributed by atoms with Crippen LogP contribution in [-0.4, -0.2) is 43.8 Å². The molecule has 0 radical (unpaired) electrons. The molecule has 0 bridgehead atoms. The highest BCUT2D eigenvalue weighted by Gasteiger charge is 2.20. The molecule has 1 rings (SSSR count). The van der Waals surface area contributed by atoms with Gasteiger partial charge in [0.25, 0.3) is 0 Å². The van der Waals surface area contributed by atoms with Crippen LogP contribution in [0, 0.1) is 0 Å². The number of amides is 2. The largest absolute Gasteiger partial charge is 0.469 e. The standard InChI is InChI=1S/C21H30N2O7/c1-21(2,3)30-20(27)22-15-11-9-14(10-12-15)16(13-19(26)29-5)23-17(24)7-6-8-18(25)28-4/h9-12,16H,6-8,13H2,1-5H3,(H,22,27)(H,23,24)/t16-/m1/s1. The molecule has 2 amide bonds. The first kappa shape index (κ1) is 24.9. The Balaban J connectivity index is 2.77. The number of ether oxygens (including phenoxy) is 3. The lowest BCUT2D eigenvalue weighted by molar-refractivity contribution is -0.141. The first-order chi connectivity index (χ1) is 14.0. The second kappa shape index (κ2) is 11.8. The van der Waals surface area contributed by atoms with Crippen LogP contribution >= 0.6 is 0 Å². The second-order valence-corrected chi connectivity index (χ2v) is 7.58. The Bertz CT molecular complexity index is 739. The minimum atomic E-state index is -0.617. The average molecular weight is 422 g/mol. The molecule has 0 aliphatic heterocycles. The van der Waals surface area contributed by atoms with Gasteiger partial charge in [-0.2, -0.15) is 0 Å². The summed E-state index contributed by atoms with van der Waals surface area (Å²) in [6, 6.07) is 6.06. The maximum atomic E-state index is 12.2. The summed E-state index contributed by atoms with van der Waals surface area (Å²) in [6.07, 6.45) is -0.0534. The van der Waals surface area contributed by atoms with Gasteiger partial charge in [-0.25, -0.2) is 4.79 Å². The number of esters is 2. The molecular weight excluding hydrogens is 392 g/mol. The van der Waals surface area contributed by atoms with Crippen LogP contribution in [0.3, 0.4) is 0 Å². The maximum absolute atomic E-state index is 12.2. The van der Waals surface area contributed by atoms with Crippen molar-refractivity contribution in [2.24, 2.45) is 0 Å². The summed E-state index contributed by atoms with van der Waals surface area (Å²) >= 11 is 0. The van der Waals surface area contributed by atoms with Gasteiger partial charge in [0, 0.05) is 18.5 Å². The predicted octanol–water partition coefficient (Wildman–Crippen LogP) is 3.10. The van der Waals surface area contributed by atoms with Gasteiger partial charge in [0.15, 0.2) is 0 Å². The molecule has 0 unspecified atom stereocenters. The first-order valence-corrected chi connectivity index (χ1v) is 9.57. The predicted molar refractivity (Wildman–Crippen MR) is 110 cm³/mol. The van der Waals surface area contributed by atoms with Crippen molar-refractivity contribution in [2.75, 3.05) is 19.5 Å². The summed E-state index contributed by atoms with van der Waals surface area (Å²) in [5, 5.41) is 5.40. The molecule has 1 aromatic carbocycles. The molecule has 1 aromatic rings. The van der Waals surface area contributed by atoms with Crippen LogP contribution in [0.5, 0.6) is 0 Å². The Kier molecular flexibility index (Phi) is 9.80. The fourth-order valence-electron chi connectivity index (χ4n) is 2.48. The number of benzene rings is 1. The molecule has 0 saturated carbocycles. The lowest BCUT2D eigenvalue weighted by Gasteiger charge is -2.20. The van der Waals surface area contributed by atoms with Crippen molar-refractivity contribution in [1.29, 1.82) is 0 Å². The first-order valence-electron chi connectivity index (χ1n) is 9.57. The highest BCUT2D eigenvalue weighted by Crippen LogP contribution is 2.21. The smallest absolute Gasteiger partial charge is 0.412 e. The van der Waals surface area contributed by atoms with E-state index in [1.54, 1.807) is 45.0 Å². The lowest BCUT2D eigenvalue weighted by atomic mass is 10.0. The van der Waals surface area contributed by atoms with Gasteiger partial charge in [-0.3, -0.25) is 19.7 Å². The van der Waals surface area contributed by atoms with Gasteiger partial charge in [-0.05, 0) is 44.9 Å². The van der Waals surface area contributed by atoms with Crippen LogP contribution in [0.4, 0.5) is 10.5 Å². The molecule has 2 N–H and O–H groups in total. The number of carbonyl (C=O) groups excluding carboxylic acids is 4. The van der Waals surface area contributed by atoms with E-state index in [4.69, 9.17) is 9.47 Å². The SMILES string of the molecule is COC(=O)CCCC(=O)N[C@H](CC(=O)OC)c1ccc(NC(=O)OC(C)(C)C)cc1. The van der Waals surface area contributed by atoms with Crippen molar-refractivity contribution in [1.82, 2.24) is 5.32 Å². The van der Waals surface area contributed by atoms with Crippen LogP contribution < -0.4 is 10.6 Å². The molecule has 0 fully saturated rings. The quantitative estimate of drug-likeness (QED) is 0.463. The molecule has 166 valence electrons. The zero-order valence-corrected chi connectivity index (χ0v) is 18.1. The van der Waals surface area contributed by atoms with Crippen LogP contribution in [0.25, 0.3) is 0 Å². The van der Waals surface area contributed by atoms with Crippen molar-refractivity contribution in [3.63, 3.8) is 0 Å². The molecule has 0 saturated heterocycles. The van der Waals surface area contributed by atoms with Crippen LogP contribution in [0.15, 0.2) is 24.3 Å². The van der Waals surface area contributed by atoms with E-state index >= 15 is 0 Å². The van der Waals surface area contributed by atoms with E-state index in [-0.39, 0.29) is 31.1 Å². The van der Waals surface area contributed by atoms with E-state index in [1.165, 1.54) is 14.2 Å². The number of hydrogen-bond donors (Lipinski definition) is 2. The molecule has 30 heavy (non-hydrogen) atoms. The third kappa shape index (κ3) is 9.90. The number of nitrogens with one attached hydrogen (secondary N) is 2. The van der Waals surface area contributed by atoms with Crippen molar-refractivity contribution in [2.45, 2.75) is 58.1 Å². The zero-order valence-electron chi connectivity index (χ0n) is 18.1. The lowest BCUT2D eigenvalue weighted by Crippen LogP contribution is -2.30. The molecule has 0 heterocycles. The van der Waals surface area contributed by atoms with Crippen LogP contribution in [0.1, 0.15) is 58.1 Å². The topological polar surface area (TPSA) is 120 Å². The van der Waals surface area contributed by atoms with Crippen LogP contribution in [-0.2, 0) is 28.6 Å². The van der Waals surface area contributed by atoms with Crippen molar-refractivity contribution in [3.8, 4) is 0 Å². The summed E-state index contributed by atoms with van der Waals surface area (Å²) in [5.74, 6) is -1.17. The van der Waals surface area contributed by atoms with Crippen molar-refractivity contribution >= 4 is 29.6 Å². The molecule has 1 atom stereocenters. The third-order valence-electron chi connectivity index (χ3n) is 3.90. The Hall–Kier alpha value is -3.10. The monoisotopic (exact) mass is 422 g/mol. The Morgan fingerprint density at radius 2 is 1.53 bits per heavy atom. The summed E-state index contributed by atoms with van der Waals surface area (Å²) in [7, 11) is 2.56. The minimum absolute atomic E-state index is 0.0575. The molecular formula is C21H30N2O7. The van der Waals surface area contributed by atoms with E-state index in [0.29, 0.717) is 17.7 Å². The van der Waals surface area contributed by atoms with E-state index < -0.39 is 23.7 Å². The van der Waals surface area contributed by atoms with Crippen LogP contribution in [0.2, 0.25) is 0 Å². The Morgan fingerprint density at radius 3 is 2.07 bits per heavy atom. The van der Waals surface area contributed by atoms with E-state index in [2.05, 4.69) is 15.4 Å². The van der Waals surface area contributed by atoms with Crippen molar-refractivity contribution in [3.05, 3.63) is 29.8 Å². The van der Waals surface area contributed by atoms with Gasteiger partial charge in [-0.15, -0.1) is 0 Å². The minimum Gasteiger partial charge on any atom is -0.469 e. The molecule has 0 aliphatic rings. The Labute approximate surface area is 176 Å². The zero-order chi connectivity index (χ0) is 22.7.